The van der Waals surface area contributed by atoms with E-state index in [2.05, 4.69) is 16.4 Å². The van der Waals surface area contributed by atoms with Crippen molar-refractivity contribution in [2.75, 3.05) is 6.54 Å². The van der Waals surface area contributed by atoms with Gasteiger partial charge in [0.05, 0.1) is 16.6 Å². The molecule has 184 valence electrons. The van der Waals surface area contributed by atoms with Crippen LogP contribution in [-0.2, 0) is 9.59 Å². The molecule has 2 heterocycles. The molecule has 2 saturated carbocycles. The molecule has 0 bridgehead atoms. The van der Waals surface area contributed by atoms with E-state index in [0.717, 1.165) is 43.9 Å². The highest BCUT2D eigenvalue weighted by Crippen LogP contribution is 2.47. The number of benzene rings is 1. The number of nitrogens with one attached hydrogen (secondary N) is 2. The number of hydrogen-bond acceptors (Lipinski definition) is 4. The van der Waals surface area contributed by atoms with Gasteiger partial charge in [0.15, 0.2) is 0 Å². The molecule has 5 rings (SSSR count). The van der Waals surface area contributed by atoms with Gasteiger partial charge in [0.1, 0.15) is 23.6 Å². The summed E-state index contributed by atoms with van der Waals surface area (Å²) in [5, 5.41) is 14.0. The van der Waals surface area contributed by atoms with Crippen molar-refractivity contribution in [1.82, 2.24) is 15.2 Å². The van der Waals surface area contributed by atoms with Crippen LogP contribution in [0.2, 0.25) is 5.02 Å². The van der Waals surface area contributed by atoms with Gasteiger partial charge in [0, 0.05) is 24.3 Å². The van der Waals surface area contributed by atoms with Crippen molar-refractivity contribution >= 4 is 40.1 Å². The Bertz CT molecular complexity index is 1190. The summed E-state index contributed by atoms with van der Waals surface area (Å²) in [6, 6.07) is 8.09. The van der Waals surface area contributed by atoms with Crippen LogP contribution in [0.4, 0.5) is 0 Å². The second kappa shape index (κ2) is 9.66. The van der Waals surface area contributed by atoms with Gasteiger partial charge in [0.25, 0.3) is 5.91 Å². The van der Waals surface area contributed by atoms with Gasteiger partial charge in [-0.25, -0.2) is 0 Å². The third-order valence-corrected chi connectivity index (χ3v) is 8.56. The van der Waals surface area contributed by atoms with E-state index in [1.165, 1.54) is 6.42 Å². The van der Waals surface area contributed by atoms with E-state index in [-0.39, 0.29) is 28.9 Å². The van der Waals surface area contributed by atoms with Gasteiger partial charge in [-0.05, 0) is 56.1 Å². The molecular weight excluding hydrogens is 464 g/mol. The molecule has 3 aliphatic rings. The minimum atomic E-state index is -0.735. The first-order valence-electron chi connectivity index (χ1n) is 12.7. The number of fused-ring (bicyclic) bond motifs is 1. The van der Waals surface area contributed by atoms with Crippen LogP contribution in [0.25, 0.3) is 10.9 Å². The number of likely N-dealkylation sites (tertiary alicyclic amines) is 1. The summed E-state index contributed by atoms with van der Waals surface area (Å²) in [7, 11) is 0. The molecule has 1 saturated heterocycles. The van der Waals surface area contributed by atoms with E-state index in [9.17, 15) is 19.6 Å². The van der Waals surface area contributed by atoms with Crippen LogP contribution >= 0.6 is 11.6 Å². The number of rotatable bonds is 5. The summed E-state index contributed by atoms with van der Waals surface area (Å²) in [5.41, 5.74) is 1.05. The predicted molar refractivity (Wildman–Crippen MR) is 133 cm³/mol. The lowest BCUT2D eigenvalue weighted by Gasteiger charge is -2.32. The van der Waals surface area contributed by atoms with Crippen LogP contribution in [-0.4, -0.2) is 46.1 Å². The van der Waals surface area contributed by atoms with Gasteiger partial charge in [-0.1, -0.05) is 43.0 Å². The van der Waals surface area contributed by atoms with E-state index in [0.29, 0.717) is 42.0 Å². The first-order chi connectivity index (χ1) is 16.9. The molecule has 35 heavy (non-hydrogen) atoms. The van der Waals surface area contributed by atoms with Crippen molar-refractivity contribution in [1.29, 1.82) is 5.26 Å². The lowest BCUT2D eigenvalue weighted by atomic mass is 9.72. The zero-order chi connectivity index (χ0) is 24.6. The van der Waals surface area contributed by atoms with Crippen LogP contribution in [0.1, 0.15) is 74.7 Å². The number of ketones is 1. The summed E-state index contributed by atoms with van der Waals surface area (Å²) in [6.45, 7) is 0.533. The predicted octanol–water partition coefficient (Wildman–Crippen LogP) is 4.75. The molecule has 1 unspecified atom stereocenters. The minimum absolute atomic E-state index is 0.0663. The third-order valence-electron chi connectivity index (χ3n) is 8.25. The van der Waals surface area contributed by atoms with Crippen molar-refractivity contribution in [2.24, 2.45) is 11.3 Å². The number of carbonyl (C=O) groups excluding carboxylic acids is 3. The highest BCUT2D eigenvalue weighted by Gasteiger charge is 2.49. The second-order valence-electron chi connectivity index (χ2n) is 10.6. The average molecular weight is 495 g/mol. The van der Waals surface area contributed by atoms with Gasteiger partial charge in [0.2, 0.25) is 5.91 Å². The number of para-hydroxylation sites is 1. The topological polar surface area (TPSA) is 106 Å². The van der Waals surface area contributed by atoms with Gasteiger partial charge in [-0.3, -0.25) is 14.4 Å². The number of halogens is 1. The Hall–Kier alpha value is -2.85. The van der Waals surface area contributed by atoms with E-state index in [1.807, 2.05) is 12.1 Å². The van der Waals surface area contributed by atoms with Crippen molar-refractivity contribution in [2.45, 2.75) is 76.3 Å². The van der Waals surface area contributed by atoms with Crippen molar-refractivity contribution < 1.29 is 14.4 Å². The van der Waals surface area contributed by atoms with E-state index in [1.54, 1.807) is 17.0 Å². The fraction of sp³-hybridized carbons (Fsp3) is 0.556. The number of nitrogens with zero attached hydrogens (tertiary/aromatic N) is 2. The summed E-state index contributed by atoms with van der Waals surface area (Å²) < 4.78 is 0. The number of H-pyrrole nitrogens is 1. The Kier molecular flexibility index (Phi) is 6.59. The molecule has 1 aromatic carbocycles. The quantitative estimate of drug-likeness (QED) is 0.625. The Morgan fingerprint density at radius 3 is 2.74 bits per heavy atom. The Morgan fingerprint density at radius 1 is 1.26 bits per heavy atom. The van der Waals surface area contributed by atoms with Crippen LogP contribution in [0, 0.1) is 22.7 Å². The largest absolute Gasteiger partial charge is 0.349 e. The zero-order valence-electron chi connectivity index (χ0n) is 19.8. The first-order valence-corrected chi connectivity index (χ1v) is 13.1. The minimum Gasteiger partial charge on any atom is -0.349 e. The van der Waals surface area contributed by atoms with Gasteiger partial charge < -0.3 is 15.2 Å². The molecule has 3 atom stereocenters. The summed E-state index contributed by atoms with van der Waals surface area (Å²) in [4.78, 5) is 44.1. The number of amides is 2. The third kappa shape index (κ3) is 4.69. The van der Waals surface area contributed by atoms with Crippen molar-refractivity contribution in [3.63, 3.8) is 0 Å². The Balaban J connectivity index is 1.38. The maximum absolute atomic E-state index is 13.7. The fourth-order valence-electron chi connectivity index (χ4n) is 6.39. The SMILES string of the molecule is N#C[C@H](C[C@@H]1CCCC1=O)NC(=O)C1CC2(CCCCC2)CN1C(=O)c1cc2cccc(Cl)c2[nH]1. The van der Waals surface area contributed by atoms with Crippen molar-refractivity contribution in [3.8, 4) is 6.07 Å². The number of aromatic nitrogens is 1. The van der Waals surface area contributed by atoms with Crippen LogP contribution in [0.5, 0.6) is 0 Å². The molecule has 2 aromatic rings. The summed E-state index contributed by atoms with van der Waals surface area (Å²) in [5.74, 6) is -0.510. The molecule has 2 amide bonds. The first kappa shape index (κ1) is 23.9. The monoisotopic (exact) mass is 494 g/mol. The lowest BCUT2D eigenvalue weighted by Crippen LogP contribution is -2.49. The second-order valence-corrected chi connectivity index (χ2v) is 11.0. The number of carbonyl (C=O) groups is 3. The van der Waals surface area contributed by atoms with E-state index >= 15 is 0 Å². The van der Waals surface area contributed by atoms with Crippen LogP contribution in [0.15, 0.2) is 24.3 Å². The van der Waals surface area contributed by atoms with Gasteiger partial charge in [-0.15, -0.1) is 0 Å². The highest BCUT2D eigenvalue weighted by atomic mass is 35.5. The highest BCUT2D eigenvalue weighted by molar-refractivity contribution is 6.35. The fourth-order valence-corrected chi connectivity index (χ4v) is 6.62. The molecule has 0 radical (unpaired) electrons. The van der Waals surface area contributed by atoms with Crippen molar-refractivity contribution in [3.05, 3.63) is 35.0 Å². The molecule has 2 aliphatic carbocycles. The van der Waals surface area contributed by atoms with Crippen LogP contribution in [0.3, 0.4) is 0 Å². The number of hydrogen-bond donors (Lipinski definition) is 2. The maximum Gasteiger partial charge on any atom is 0.271 e. The number of nitriles is 1. The zero-order valence-corrected chi connectivity index (χ0v) is 20.6. The number of aromatic amines is 1. The molecule has 1 spiro atoms. The molecule has 1 aliphatic heterocycles. The molecule has 2 N–H and O–H groups in total. The average Bonchev–Trinajstić information content (AvgIpc) is 3.57. The summed E-state index contributed by atoms with van der Waals surface area (Å²) >= 11 is 6.31. The van der Waals surface area contributed by atoms with Crippen LogP contribution < -0.4 is 5.32 Å². The normalized spacial score (nSPS) is 24.6. The van der Waals surface area contributed by atoms with E-state index in [4.69, 9.17) is 11.6 Å². The Morgan fingerprint density at radius 2 is 2.06 bits per heavy atom. The lowest BCUT2D eigenvalue weighted by molar-refractivity contribution is -0.126. The molecule has 3 fully saturated rings. The Labute approximate surface area is 210 Å². The number of Topliss-reactive ketones (excluding diaryl/α,β-unsaturated/α-hetero) is 1. The van der Waals surface area contributed by atoms with E-state index < -0.39 is 12.1 Å². The summed E-state index contributed by atoms with van der Waals surface area (Å²) in [6.07, 6.45) is 8.49. The molecule has 8 heteroatoms. The molecule has 7 nitrogen and oxygen atoms in total. The standard InChI is InChI=1S/C27H31ClN4O3/c28-20-8-4-7-18-13-21(31-24(18)20)26(35)32-16-27(10-2-1-3-11-27)14-22(32)25(34)30-19(15-29)12-17-6-5-9-23(17)33/h4,7-8,13,17,19,22,31H,1-3,5-6,9-12,14,16H2,(H,30,34)/t17-,19-,22?/m0/s1. The van der Waals surface area contributed by atoms with Gasteiger partial charge >= 0.3 is 0 Å². The maximum atomic E-state index is 13.7. The molecule has 1 aromatic heterocycles. The molecular formula is C27H31ClN4O3. The smallest absolute Gasteiger partial charge is 0.271 e. The van der Waals surface area contributed by atoms with Gasteiger partial charge in [-0.2, -0.15) is 5.26 Å².